The van der Waals surface area contributed by atoms with E-state index in [9.17, 15) is 4.39 Å². The third-order valence-electron chi connectivity index (χ3n) is 1.96. The molecule has 3 nitrogen and oxygen atoms in total. The van der Waals surface area contributed by atoms with Crippen LogP contribution in [0.3, 0.4) is 0 Å². The van der Waals surface area contributed by atoms with Crippen molar-refractivity contribution in [2.75, 3.05) is 0 Å². The first-order chi connectivity index (χ1) is 7.08. The summed E-state index contributed by atoms with van der Waals surface area (Å²) < 4.78 is 15.7. The van der Waals surface area contributed by atoms with Crippen molar-refractivity contribution >= 4 is 28.1 Å². The number of benzene rings is 1. The minimum absolute atomic E-state index is 0.322. The fourth-order valence-corrected chi connectivity index (χ4v) is 1.56. The summed E-state index contributed by atoms with van der Waals surface area (Å²) in [5, 5.41) is 2.93. The van der Waals surface area contributed by atoms with E-state index >= 15 is 0 Å². The van der Waals surface area contributed by atoms with Crippen LogP contribution < -0.4 is 0 Å². The predicted octanol–water partition coefficient (Wildman–Crippen LogP) is 3.05. The fourth-order valence-electron chi connectivity index (χ4n) is 1.17. The van der Waals surface area contributed by atoms with Gasteiger partial charge in [-0.2, -0.15) is 4.98 Å². The number of aryl methyl sites for hydroxylation is 1. The summed E-state index contributed by atoms with van der Waals surface area (Å²) >= 11 is 8.04. The van der Waals surface area contributed by atoms with Gasteiger partial charge in [0, 0.05) is 12.6 Å². The molecule has 0 aliphatic carbocycles. The van der Waals surface area contributed by atoms with Gasteiger partial charge < -0.3 is 0 Å². The van der Waals surface area contributed by atoms with Crippen molar-refractivity contribution in [2.45, 2.75) is 0 Å². The topological polar surface area (TPSA) is 33.6 Å². The van der Waals surface area contributed by atoms with Crippen LogP contribution in [0.1, 0.15) is 0 Å². The van der Waals surface area contributed by atoms with Crippen molar-refractivity contribution < 1.29 is 4.39 Å². The van der Waals surface area contributed by atoms with E-state index in [2.05, 4.69) is 26.0 Å². The first kappa shape index (κ1) is 10.5. The Bertz CT molecular complexity index is 561. The number of hydrogen-bond acceptors (Lipinski definition) is 2. The van der Waals surface area contributed by atoms with Gasteiger partial charge in [0.05, 0.1) is 4.47 Å². The molecule has 0 bridgehead atoms. The fraction of sp³-hybridized carbons (Fsp3) is 0.111. The number of halogens is 2. The van der Waals surface area contributed by atoms with Crippen LogP contribution >= 0.6 is 28.1 Å². The lowest BCUT2D eigenvalue weighted by Gasteiger charge is -1.98. The van der Waals surface area contributed by atoms with E-state index in [-0.39, 0.29) is 5.82 Å². The third kappa shape index (κ3) is 2.00. The first-order valence-corrected chi connectivity index (χ1v) is 5.36. The van der Waals surface area contributed by atoms with E-state index in [0.29, 0.717) is 20.6 Å². The zero-order valence-corrected chi connectivity index (χ0v) is 10.2. The highest BCUT2D eigenvalue weighted by Gasteiger charge is 2.06. The second-order valence-electron chi connectivity index (χ2n) is 3.04. The minimum atomic E-state index is -0.322. The summed E-state index contributed by atoms with van der Waals surface area (Å²) in [7, 11) is 1.76. The van der Waals surface area contributed by atoms with Crippen molar-refractivity contribution in [2.24, 2.45) is 7.05 Å². The third-order valence-corrected chi connectivity index (χ3v) is 2.97. The van der Waals surface area contributed by atoms with Crippen molar-refractivity contribution in [1.29, 1.82) is 0 Å². The van der Waals surface area contributed by atoms with E-state index in [1.54, 1.807) is 23.9 Å². The highest BCUT2D eigenvalue weighted by Crippen LogP contribution is 2.21. The SMILES string of the molecule is Cn1[nH]c(-c2ccc(Br)c(F)c2)nc1=S. The molecule has 0 saturated carbocycles. The Labute approximate surface area is 99.1 Å². The molecular formula is C9H7BrFN3S. The van der Waals surface area contributed by atoms with Gasteiger partial charge in [0.25, 0.3) is 0 Å². The maximum atomic E-state index is 13.3. The molecule has 0 amide bonds. The van der Waals surface area contributed by atoms with Crippen molar-refractivity contribution in [3.05, 3.63) is 33.3 Å². The molecule has 15 heavy (non-hydrogen) atoms. The van der Waals surface area contributed by atoms with Crippen LogP contribution in [-0.2, 0) is 7.05 Å². The number of H-pyrrole nitrogens is 1. The van der Waals surface area contributed by atoms with Gasteiger partial charge in [0.2, 0.25) is 4.77 Å². The summed E-state index contributed by atoms with van der Waals surface area (Å²) in [6.07, 6.45) is 0. The van der Waals surface area contributed by atoms with Crippen LogP contribution in [0.5, 0.6) is 0 Å². The maximum absolute atomic E-state index is 13.3. The summed E-state index contributed by atoms with van der Waals surface area (Å²) in [5.41, 5.74) is 0.669. The van der Waals surface area contributed by atoms with E-state index in [4.69, 9.17) is 12.2 Å². The van der Waals surface area contributed by atoms with Gasteiger partial charge >= 0.3 is 0 Å². The molecule has 0 saturated heterocycles. The molecule has 2 aromatic rings. The molecule has 0 aliphatic heterocycles. The maximum Gasteiger partial charge on any atom is 0.216 e. The van der Waals surface area contributed by atoms with Gasteiger partial charge in [-0.3, -0.25) is 9.78 Å². The number of aromatic nitrogens is 3. The molecule has 0 fully saturated rings. The van der Waals surface area contributed by atoms with Crippen molar-refractivity contribution in [3.63, 3.8) is 0 Å². The Kier molecular flexibility index (Phi) is 2.70. The lowest BCUT2D eigenvalue weighted by Crippen LogP contribution is -1.90. The summed E-state index contributed by atoms with van der Waals surface area (Å²) in [6.45, 7) is 0. The smallest absolute Gasteiger partial charge is 0.216 e. The van der Waals surface area contributed by atoms with Crippen LogP contribution in [0.4, 0.5) is 4.39 Å². The standard InChI is InChI=1S/C9H7BrFN3S/c1-14-9(15)12-8(13-14)5-2-3-6(10)7(11)4-5/h2-4H,1H3,(H,12,13,15). The molecule has 1 N–H and O–H groups in total. The summed E-state index contributed by atoms with van der Waals surface area (Å²) in [6, 6.07) is 4.80. The Morgan fingerprint density at radius 1 is 1.53 bits per heavy atom. The quantitative estimate of drug-likeness (QED) is 0.818. The van der Waals surface area contributed by atoms with Gasteiger partial charge in [0.15, 0.2) is 5.82 Å². The van der Waals surface area contributed by atoms with E-state index < -0.39 is 0 Å². The number of nitrogens with one attached hydrogen (secondary N) is 1. The zero-order valence-electron chi connectivity index (χ0n) is 7.79. The largest absolute Gasteiger partial charge is 0.279 e. The zero-order chi connectivity index (χ0) is 11.0. The lowest BCUT2D eigenvalue weighted by atomic mass is 10.2. The molecule has 1 heterocycles. The number of aromatic amines is 1. The highest BCUT2D eigenvalue weighted by molar-refractivity contribution is 9.10. The molecule has 0 spiro atoms. The van der Waals surface area contributed by atoms with Crippen LogP contribution in [0, 0.1) is 10.6 Å². The van der Waals surface area contributed by atoms with Gasteiger partial charge in [-0.15, -0.1) is 0 Å². The minimum Gasteiger partial charge on any atom is -0.279 e. The second kappa shape index (κ2) is 3.86. The molecule has 0 unspecified atom stereocenters. The van der Waals surface area contributed by atoms with Crippen molar-refractivity contribution in [1.82, 2.24) is 14.8 Å². The number of nitrogens with zero attached hydrogens (tertiary/aromatic N) is 2. The molecular weight excluding hydrogens is 281 g/mol. The van der Waals surface area contributed by atoms with E-state index in [1.807, 2.05) is 0 Å². The molecule has 2 rings (SSSR count). The first-order valence-electron chi connectivity index (χ1n) is 4.16. The van der Waals surface area contributed by atoms with Gasteiger partial charge in [-0.05, 0) is 46.3 Å². The van der Waals surface area contributed by atoms with Crippen molar-refractivity contribution in [3.8, 4) is 11.4 Å². The lowest BCUT2D eigenvalue weighted by molar-refractivity contribution is 0.621. The molecule has 0 atom stereocenters. The number of rotatable bonds is 1. The summed E-state index contributed by atoms with van der Waals surface area (Å²) in [5.74, 6) is 0.242. The molecule has 6 heteroatoms. The van der Waals surface area contributed by atoms with Crippen LogP contribution in [0.15, 0.2) is 22.7 Å². The molecule has 1 aromatic carbocycles. The Balaban J connectivity index is 2.54. The van der Waals surface area contributed by atoms with Crippen LogP contribution in [-0.4, -0.2) is 14.8 Å². The normalized spacial score (nSPS) is 10.6. The second-order valence-corrected chi connectivity index (χ2v) is 4.26. The molecule has 0 aliphatic rings. The van der Waals surface area contributed by atoms with Crippen LogP contribution in [0.25, 0.3) is 11.4 Å². The number of hydrogen-bond donors (Lipinski definition) is 1. The molecule has 1 aromatic heterocycles. The Hall–Kier alpha value is -1.01. The molecule has 0 radical (unpaired) electrons. The highest BCUT2D eigenvalue weighted by atomic mass is 79.9. The van der Waals surface area contributed by atoms with E-state index in [0.717, 1.165) is 0 Å². The van der Waals surface area contributed by atoms with Gasteiger partial charge in [-0.25, -0.2) is 4.39 Å². The average molecular weight is 288 g/mol. The summed E-state index contributed by atoms with van der Waals surface area (Å²) in [4.78, 5) is 4.09. The average Bonchev–Trinajstić information content (AvgIpc) is 2.52. The van der Waals surface area contributed by atoms with Gasteiger partial charge in [-0.1, -0.05) is 0 Å². The van der Waals surface area contributed by atoms with Crippen LogP contribution in [0.2, 0.25) is 0 Å². The predicted molar refractivity (Wildman–Crippen MR) is 61.5 cm³/mol. The monoisotopic (exact) mass is 287 g/mol. The Morgan fingerprint density at radius 3 is 2.80 bits per heavy atom. The Morgan fingerprint density at radius 2 is 2.27 bits per heavy atom. The van der Waals surface area contributed by atoms with E-state index in [1.165, 1.54) is 6.07 Å². The molecule has 78 valence electrons. The van der Waals surface area contributed by atoms with Gasteiger partial charge in [0.1, 0.15) is 5.82 Å².